The van der Waals surface area contributed by atoms with Gasteiger partial charge in [-0.05, 0) is 50.3 Å². The molecule has 28 heavy (non-hydrogen) atoms. The van der Waals surface area contributed by atoms with Crippen LogP contribution < -0.4 is 15.4 Å². The molecule has 2 atom stereocenters. The van der Waals surface area contributed by atoms with Gasteiger partial charge in [0.1, 0.15) is 17.8 Å². The zero-order valence-corrected chi connectivity index (χ0v) is 16.3. The number of imide groups is 1. The highest BCUT2D eigenvalue weighted by Gasteiger charge is 2.47. The number of urea groups is 1. The molecule has 0 aliphatic carbocycles. The molecule has 2 fully saturated rings. The Balaban J connectivity index is 1.52. The van der Waals surface area contributed by atoms with Crippen molar-refractivity contribution in [2.75, 3.05) is 26.8 Å². The fraction of sp³-hybridized carbons (Fsp3) is 0.550. The van der Waals surface area contributed by atoms with E-state index in [1.54, 1.807) is 14.0 Å². The number of carbonyl (C=O) groups is 3. The van der Waals surface area contributed by atoms with E-state index >= 15 is 0 Å². The first kappa shape index (κ1) is 20.1. The molecule has 1 aromatic rings. The van der Waals surface area contributed by atoms with Crippen molar-refractivity contribution in [3.63, 3.8) is 0 Å². The highest BCUT2D eigenvalue weighted by atomic mass is 16.5. The molecule has 2 aliphatic rings. The van der Waals surface area contributed by atoms with Crippen LogP contribution in [0.5, 0.6) is 5.75 Å². The van der Waals surface area contributed by atoms with Gasteiger partial charge < -0.3 is 20.1 Å². The number of hydrogen-bond donors (Lipinski definition) is 2. The summed E-state index contributed by atoms with van der Waals surface area (Å²) in [5.74, 6) is 0.0251. The van der Waals surface area contributed by atoms with Crippen LogP contribution in [0.3, 0.4) is 0 Å². The summed E-state index contributed by atoms with van der Waals surface area (Å²) in [7, 11) is 1.61. The first-order chi connectivity index (χ1) is 13.4. The number of amides is 4. The number of nitrogens with zero attached hydrogens (tertiary/aromatic N) is 1. The highest BCUT2D eigenvalue weighted by molar-refractivity contribution is 6.08. The Labute approximate surface area is 164 Å². The van der Waals surface area contributed by atoms with Crippen LogP contribution in [0.2, 0.25) is 0 Å². The van der Waals surface area contributed by atoms with E-state index in [1.165, 1.54) is 0 Å². The van der Waals surface area contributed by atoms with Gasteiger partial charge in [0.25, 0.3) is 5.91 Å². The van der Waals surface area contributed by atoms with Crippen molar-refractivity contribution in [1.82, 2.24) is 15.5 Å². The molecule has 0 unspecified atom stereocenters. The summed E-state index contributed by atoms with van der Waals surface area (Å²) in [4.78, 5) is 38.2. The van der Waals surface area contributed by atoms with Crippen LogP contribution >= 0.6 is 0 Å². The summed E-state index contributed by atoms with van der Waals surface area (Å²) in [6.07, 6.45) is 2.97. The van der Waals surface area contributed by atoms with Gasteiger partial charge in [-0.2, -0.15) is 0 Å². The lowest BCUT2D eigenvalue weighted by Crippen LogP contribution is -2.46. The van der Waals surface area contributed by atoms with Gasteiger partial charge in [0.15, 0.2) is 0 Å². The zero-order valence-electron chi connectivity index (χ0n) is 16.3. The average molecular weight is 389 g/mol. The topological polar surface area (TPSA) is 97.0 Å². The van der Waals surface area contributed by atoms with Crippen LogP contribution in [-0.4, -0.2) is 61.2 Å². The van der Waals surface area contributed by atoms with Crippen LogP contribution in [0, 0.1) is 0 Å². The van der Waals surface area contributed by atoms with Gasteiger partial charge in [-0.25, -0.2) is 4.79 Å². The molecule has 8 heteroatoms. The van der Waals surface area contributed by atoms with E-state index in [4.69, 9.17) is 9.47 Å². The number of rotatable bonds is 8. The number of nitrogens with one attached hydrogen (secondary N) is 2. The first-order valence-electron chi connectivity index (χ1n) is 9.56. The molecular weight excluding hydrogens is 362 g/mol. The van der Waals surface area contributed by atoms with Crippen LogP contribution in [0.1, 0.15) is 31.7 Å². The van der Waals surface area contributed by atoms with E-state index in [2.05, 4.69) is 10.6 Å². The Morgan fingerprint density at radius 2 is 2.11 bits per heavy atom. The lowest BCUT2D eigenvalue weighted by molar-refractivity contribution is -0.134. The quantitative estimate of drug-likeness (QED) is 0.652. The van der Waals surface area contributed by atoms with E-state index in [0.29, 0.717) is 26.0 Å². The second-order valence-electron chi connectivity index (χ2n) is 7.44. The fourth-order valence-electron chi connectivity index (χ4n) is 3.48. The summed E-state index contributed by atoms with van der Waals surface area (Å²) >= 11 is 0. The molecule has 1 aromatic carbocycles. The van der Waals surface area contributed by atoms with Gasteiger partial charge in [-0.3, -0.25) is 14.5 Å². The van der Waals surface area contributed by atoms with Crippen LogP contribution in [0.4, 0.5) is 4.79 Å². The lowest BCUT2D eigenvalue weighted by Gasteiger charge is -2.21. The molecule has 0 bridgehead atoms. The molecule has 0 saturated carbocycles. The van der Waals surface area contributed by atoms with Crippen LogP contribution in [0.15, 0.2) is 24.3 Å². The fourth-order valence-corrected chi connectivity index (χ4v) is 3.48. The average Bonchev–Trinajstić information content (AvgIpc) is 3.28. The maximum absolute atomic E-state index is 12.8. The predicted octanol–water partition coefficient (Wildman–Crippen LogP) is 1.23. The van der Waals surface area contributed by atoms with Crippen molar-refractivity contribution >= 4 is 17.8 Å². The summed E-state index contributed by atoms with van der Waals surface area (Å²) < 4.78 is 10.6. The van der Waals surface area contributed by atoms with E-state index < -0.39 is 11.6 Å². The third-order valence-corrected chi connectivity index (χ3v) is 5.27. The molecule has 2 saturated heterocycles. The van der Waals surface area contributed by atoms with E-state index in [0.717, 1.165) is 29.1 Å². The van der Waals surface area contributed by atoms with E-state index in [9.17, 15) is 14.4 Å². The molecule has 3 rings (SSSR count). The molecule has 2 heterocycles. The number of carbonyl (C=O) groups excluding carboxylic acids is 3. The number of ether oxygens (including phenoxy) is 2. The van der Waals surface area contributed by atoms with Gasteiger partial charge >= 0.3 is 6.03 Å². The smallest absolute Gasteiger partial charge is 0.325 e. The second-order valence-corrected chi connectivity index (χ2v) is 7.44. The molecule has 0 aromatic heterocycles. The lowest BCUT2D eigenvalue weighted by atomic mass is 9.93. The Hall–Kier alpha value is -2.61. The standard InChI is InChI=1S/C20H27N3O5/c1-20(10-9-14-5-7-15(27-2)8-6-14)18(25)23(19(26)22-20)13-17(24)21-12-16-4-3-11-28-16/h5-8,16H,3-4,9-13H2,1-2H3,(H,21,24)(H,22,26)/t16-,20-/m1/s1. The Bertz CT molecular complexity index is 730. The molecular formula is C20H27N3O5. The van der Waals surface area contributed by atoms with Crippen molar-refractivity contribution in [2.45, 2.75) is 44.2 Å². The van der Waals surface area contributed by atoms with E-state index in [-0.39, 0.29) is 24.5 Å². The molecule has 4 amide bonds. The monoisotopic (exact) mass is 389 g/mol. The minimum atomic E-state index is -1.02. The summed E-state index contributed by atoms with van der Waals surface area (Å²) in [5.41, 5.74) is 0.0168. The largest absolute Gasteiger partial charge is 0.497 e. The normalized spacial score (nSPS) is 24.4. The van der Waals surface area contributed by atoms with Crippen molar-refractivity contribution in [3.05, 3.63) is 29.8 Å². The van der Waals surface area contributed by atoms with Gasteiger partial charge in [-0.1, -0.05) is 12.1 Å². The van der Waals surface area contributed by atoms with Crippen LogP contribution in [-0.2, 0) is 20.7 Å². The molecule has 0 radical (unpaired) electrons. The Kier molecular flexibility index (Phi) is 6.18. The van der Waals surface area contributed by atoms with Crippen LogP contribution in [0.25, 0.3) is 0 Å². The zero-order chi connectivity index (χ0) is 20.1. The molecule has 152 valence electrons. The summed E-state index contributed by atoms with van der Waals surface area (Å²) in [6.45, 7) is 2.52. The maximum atomic E-state index is 12.8. The highest BCUT2D eigenvalue weighted by Crippen LogP contribution is 2.24. The molecule has 8 nitrogen and oxygen atoms in total. The molecule has 2 aliphatic heterocycles. The Morgan fingerprint density at radius 3 is 2.75 bits per heavy atom. The van der Waals surface area contributed by atoms with Gasteiger partial charge in [0, 0.05) is 13.2 Å². The minimum Gasteiger partial charge on any atom is -0.497 e. The third-order valence-electron chi connectivity index (χ3n) is 5.27. The molecule has 0 spiro atoms. The predicted molar refractivity (Wildman–Crippen MR) is 102 cm³/mol. The number of methoxy groups -OCH3 is 1. The number of aryl methyl sites for hydroxylation is 1. The van der Waals surface area contributed by atoms with Gasteiger partial charge in [0.05, 0.1) is 13.2 Å². The summed E-state index contributed by atoms with van der Waals surface area (Å²) in [6, 6.07) is 7.04. The van der Waals surface area contributed by atoms with Crippen molar-refractivity contribution < 1.29 is 23.9 Å². The molecule has 2 N–H and O–H groups in total. The van der Waals surface area contributed by atoms with Crippen molar-refractivity contribution in [3.8, 4) is 5.75 Å². The minimum absolute atomic E-state index is 0.0156. The van der Waals surface area contributed by atoms with Crippen molar-refractivity contribution in [1.29, 1.82) is 0 Å². The van der Waals surface area contributed by atoms with Gasteiger partial charge in [0.2, 0.25) is 5.91 Å². The number of benzene rings is 1. The Morgan fingerprint density at radius 1 is 1.36 bits per heavy atom. The SMILES string of the molecule is COc1ccc(CC[C@@]2(C)NC(=O)N(CC(=O)NC[C@H]3CCCO3)C2=O)cc1. The third kappa shape index (κ3) is 4.62. The van der Waals surface area contributed by atoms with E-state index in [1.807, 2.05) is 24.3 Å². The summed E-state index contributed by atoms with van der Waals surface area (Å²) in [5, 5.41) is 5.47. The first-order valence-corrected chi connectivity index (χ1v) is 9.56. The van der Waals surface area contributed by atoms with Crippen molar-refractivity contribution in [2.24, 2.45) is 0 Å². The number of hydrogen-bond acceptors (Lipinski definition) is 5. The van der Waals surface area contributed by atoms with Gasteiger partial charge in [-0.15, -0.1) is 0 Å². The second kappa shape index (κ2) is 8.60. The maximum Gasteiger partial charge on any atom is 0.325 e.